The number of aryl methyl sites for hydroxylation is 2. The standard InChI is InChI=1S/C19H25N3O2S.ClH/c1-13-17(14(2)24-21-13)12-25-18-7-5-4-6-16(18)19(23)22-9-8-15(11-22)10-20-3;/h4-7,15,20H,8-12H2,1-3H3;1H. The van der Waals surface area contributed by atoms with E-state index in [1.807, 2.05) is 50.1 Å². The molecule has 3 rings (SSSR count). The molecule has 1 amide bonds. The minimum atomic E-state index is 0. The van der Waals surface area contributed by atoms with Crippen LogP contribution in [0.1, 0.15) is 33.8 Å². The van der Waals surface area contributed by atoms with Crippen molar-refractivity contribution in [2.24, 2.45) is 5.92 Å². The maximum Gasteiger partial charge on any atom is 0.254 e. The van der Waals surface area contributed by atoms with E-state index in [1.165, 1.54) is 0 Å². The number of amides is 1. The number of benzene rings is 1. The maximum absolute atomic E-state index is 13.0. The zero-order valence-electron chi connectivity index (χ0n) is 15.4. The van der Waals surface area contributed by atoms with Crippen molar-refractivity contribution in [3.8, 4) is 0 Å². The molecule has 7 heteroatoms. The smallest absolute Gasteiger partial charge is 0.254 e. The summed E-state index contributed by atoms with van der Waals surface area (Å²) < 4.78 is 5.23. The molecule has 1 aliphatic heterocycles. The monoisotopic (exact) mass is 395 g/mol. The number of hydrogen-bond donors (Lipinski definition) is 1. The van der Waals surface area contributed by atoms with E-state index in [1.54, 1.807) is 11.8 Å². The lowest BCUT2D eigenvalue weighted by Crippen LogP contribution is -2.30. The van der Waals surface area contributed by atoms with Crippen LogP contribution in [0.25, 0.3) is 0 Å². The maximum atomic E-state index is 13.0. The summed E-state index contributed by atoms with van der Waals surface area (Å²) in [5.41, 5.74) is 2.83. The Labute approximate surface area is 165 Å². The van der Waals surface area contributed by atoms with Crippen molar-refractivity contribution in [3.05, 3.63) is 46.8 Å². The molecule has 1 saturated heterocycles. The lowest BCUT2D eigenvalue weighted by Gasteiger charge is -2.18. The number of halogens is 1. The molecule has 0 bridgehead atoms. The molecule has 1 aliphatic rings. The lowest BCUT2D eigenvalue weighted by atomic mass is 10.1. The summed E-state index contributed by atoms with van der Waals surface area (Å²) in [4.78, 5) is 16.0. The van der Waals surface area contributed by atoms with E-state index in [0.29, 0.717) is 5.92 Å². The quantitative estimate of drug-likeness (QED) is 0.756. The van der Waals surface area contributed by atoms with Crippen LogP contribution in [0.3, 0.4) is 0 Å². The van der Waals surface area contributed by atoms with Crippen molar-refractivity contribution in [1.29, 1.82) is 0 Å². The van der Waals surface area contributed by atoms with Gasteiger partial charge in [-0.25, -0.2) is 0 Å². The van der Waals surface area contributed by atoms with Crippen molar-refractivity contribution in [2.45, 2.75) is 30.9 Å². The van der Waals surface area contributed by atoms with Gasteiger partial charge in [0.25, 0.3) is 5.91 Å². The van der Waals surface area contributed by atoms with Crippen LogP contribution < -0.4 is 5.32 Å². The number of carbonyl (C=O) groups is 1. The summed E-state index contributed by atoms with van der Waals surface area (Å²) in [5, 5.41) is 7.22. The summed E-state index contributed by atoms with van der Waals surface area (Å²) in [5.74, 6) is 2.30. The average molecular weight is 396 g/mol. The second-order valence-corrected chi connectivity index (χ2v) is 7.57. The average Bonchev–Trinajstić information content (AvgIpc) is 3.20. The highest BCUT2D eigenvalue weighted by molar-refractivity contribution is 7.98. The number of carbonyl (C=O) groups excluding carboxylic acids is 1. The second-order valence-electron chi connectivity index (χ2n) is 6.55. The third-order valence-corrected chi connectivity index (χ3v) is 5.84. The third-order valence-electron chi connectivity index (χ3n) is 4.74. The van der Waals surface area contributed by atoms with Crippen LogP contribution in [0.2, 0.25) is 0 Å². The van der Waals surface area contributed by atoms with Gasteiger partial charge in [0.2, 0.25) is 0 Å². The largest absolute Gasteiger partial charge is 0.361 e. The predicted molar refractivity (Wildman–Crippen MR) is 107 cm³/mol. The van der Waals surface area contributed by atoms with Crippen LogP contribution in [0.5, 0.6) is 0 Å². The zero-order chi connectivity index (χ0) is 17.8. The van der Waals surface area contributed by atoms with E-state index in [2.05, 4.69) is 10.5 Å². The van der Waals surface area contributed by atoms with Crippen LogP contribution in [0.15, 0.2) is 33.7 Å². The SMILES string of the molecule is CNCC1CCN(C(=O)c2ccccc2SCc2c(C)noc2C)C1.Cl. The van der Waals surface area contributed by atoms with Crippen LogP contribution >= 0.6 is 24.2 Å². The number of thioether (sulfide) groups is 1. The highest BCUT2D eigenvalue weighted by Crippen LogP contribution is 2.30. The first-order chi connectivity index (χ1) is 12.1. The fourth-order valence-corrected chi connectivity index (χ4v) is 4.47. The summed E-state index contributed by atoms with van der Waals surface area (Å²) in [7, 11) is 1.96. The van der Waals surface area contributed by atoms with Crippen molar-refractivity contribution in [1.82, 2.24) is 15.4 Å². The highest BCUT2D eigenvalue weighted by Gasteiger charge is 2.27. The number of nitrogens with zero attached hydrogens (tertiary/aromatic N) is 2. The highest BCUT2D eigenvalue weighted by atomic mass is 35.5. The van der Waals surface area contributed by atoms with E-state index in [9.17, 15) is 4.79 Å². The zero-order valence-corrected chi connectivity index (χ0v) is 17.1. The van der Waals surface area contributed by atoms with Gasteiger partial charge in [0.05, 0.1) is 11.3 Å². The van der Waals surface area contributed by atoms with Crippen LogP contribution in [-0.4, -0.2) is 42.6 Å². The minimum Gasteiger partial charge on any atom is -0.361 e. The van der Waals surface area contributed by atoms with Crippen molar-refractivity contribution in [3.63, 3.8) is 0 Å². The van der Waals surface area contributed by atoms with Gasteiger partial charge >= 0.3 is 0 Å². The van der Waals surface area contributed by atoms with E-state index < -0.39 is 0 Å². The molecule has 1 atom stereocenters. The third kappa shape index (κ3) is 4.61. The van der Waals surface area contributed by atoms with E-state index >= 15 is 0 Å². The normalized spacial score (nSPS) is 16.6. The number of rotatable bonds is 6. The van der Waals surface area contributed by atoms with Gasteiger partial charge in [-0.1, -0.05) is 17.3 Å². The van der Waals surface area contributed by atoms with Gasteiger partial charge in [-0.05, 0) is 51.9 Å². The van der Waals surface area contributed by atoms with Crippen molar-refractivity contribution in [2.75, 3.05) is 26.7 Å². The molecule has 2 heterocycles. The Hall–Kier alpha value is -1.50. The van der Waals surface area contributed by atoms with Gasteiger partial charge in [-0.3, -0.25) is 4.79 Å². The van der Waals surface area contributed by atoms with Crippen LogP contribution in [-0.2, 0) is 5.75 Å². The second kappa shape index (κ2) is 9.44. The van der Waals surface area contributed by atoms with Gasteiger partial charge in [0, 0.05) is 29.3 Å². The summed E-state index contributed by atoms with van der Waals surface area (Å²) in [6, 6.07) is 7.88. The Kier molecular flexibility index (Phi) is 7.55. The van der Waals surface area contributed by atoms with Gasteiger partial charge in [0.1, 0.15) is 5.76 Å². The fourth-order valence-electron chi connectivity index (χ4n) is 3.27. The first-order valence-electron chi connectivity index (χ1n) is 8.67. The fraction of sp³-hybridized carbons (Fsp3) is 0.474. The first kappa shape index (κ1) is 20.8. The first-order valence-corrected chi connectivity index (χ1v) is 9.66. The Morgan fingerprint density at radius 2 is 2.15 bits per heavy atom. The molecule has 2 aromatic rings. The summed E-state index contributed by atoms with van der Waals surface area (Å²) >= 11 is 1.67. The van der Waals surface area contributed by atoms with Crippen molar-refractivity contribution >= 4 is 30.1 Å². The molecule has 1 aromatic heterocycles. The van der Waals surface area contributed by atoms with Gasteiger partial charge < -0.3 is 14.7 Å². The Morgan fingerprint density at radius 3 is 2.85 bits per heavy atom. The molecule has 1 fully saturated rings. The van der Waals surface area contributed by atoms with Gasteiger partial charge in [-0.2, -0.15) is 0 Å². The lowest BCUT2D eigenvalue weighted by molar-refractivity contribution is 0.0784. The molecular formula is C19H26ClN3O2S. The van der Waals surface area contributed by atoms with Crippen LogP contribution in [0.4, 0.5) is 0 Å². The predicted octanol–water partition coefficient (Wildman–Crippen LogP) is 3.69. The number of likely N-dealkylation sites (tertiary alicyclic amines) is 1. The van der Waals surface area contributed by atoms with E-state index in [0.717, 1.165) is 59.3 Å². The minimum absolute atomic E-state index is 0. The molecule has 1 unspecified atom stereocenters. The van der Waals surface area contributed by atoms with E-state index in [-0.39, 0.29) is 18.3 Å². The number of aromatic nitrogens is 1. The van der Waals surface area contributed by atoms with Gasteiger partial charge in [-0.15, -0.1) is 24.2 Å². The molecule has 1 aromatic carbocycles. The van der Waals surface area contributed by atoms with Crippen LogP contribution in [0, 0.1) is 19.8 Å². The molecule has 142 valence electrons. The van der Waals surface area contributed by atoms with Gasteiger partial charge in [0.15, 0.2) is 0 Å². The Balaban J connectivity index is 0.00000243. The molecule has 0 saturated carbocycles. The molecule has 5 nitrogen and oxygen atoms in total. The molecule has 0 radical (unpaired) electrons. The molecule has 0 aliphatic carbocycles. The summed E-state index contributed by atoms with van der Waals surface area (Å²) in [6.45, 7) is 6.53. The molecule has 0 spiro atoms. The number of hydrogen-bond acceptors (Lipinski definition) is 5. The molecular weight excluding hydrogens is 370 g/mol. The van der Waals surface area contributed by atoms with E-state index in [4.69, 9.17) is 4.52 Å². The number of nitrogens with one attached hydrogen (secondary N) is 1. The molecule has 26 heavy (non-hydrogen) atoms. The Morgan fingerprint density at radius 1 is 1.38 bits per heavy atom. The molecule has 1 N–H and O–H groups in total. The Bertz CT molecular complexity index is 731. The topological polar surface area (TPSA) is 58.4 Å². The summed E-state index contributed by atoms with van der Waals surface area (Å²) in [6.07, 6.45) is 1.07. The van der Waals surface area contributed by atoms with Crippen molar-refractivity contribution < 1.29 is 9.32 Å².